The molecule has 8 nitrogen and oxygen atoms in total. The third-order valence-electron chi connectivity index (χ3n) is 4.50. The molecule has 0 radical (unpaired) electrons. The molecule has 2 atom stereocenters. The van der Waals surface area contributed by atoms with Gasteiger partial charge in [-0.05, 0) is 37.1 Å². The van der Waals surface area contributed by atoms with Crippen molar-refractivity contribution < 1.29 is 19.5 Å². The van der Waals surface area contributed by atoms with Crippen molar-refractivity contribution in [1.29, 1.82) is 5.41 Å². The number of aliphatic carboxylic acids is 1. The van der Waals surface area contributed by atoms with Crippen molar-refractivity contribution in [3.63, 3.8) is 0 Å². The minimum atomic E-state index is -1.03. The predicted octanol–water partition coefficient (Wildman–Crippen LogP) is 1.25. The number of carboxylic acid groups (broad SMARTS) is 1. The van der Waals surface area contributed by atoms with Crippen LogP contribution in [0.5, 0.6) is 0 Å². The molecule has 1 aliphatic heterocycles. The van der Waals surface area contributed by atoms with Gasteiger partial charge < -0.3 is 21.1 Å². The van der Waals surface area contributed by atoms with Crippen LogP contribution in [0.3, 0.4) is 0 Å². The minimum Gasteiger partial charge on any atom is -0.481 e. The Morgan fingerprint density at radius 3 is 2.63 bits per heavy atom. The van der Waals surface area contributed by atoms with E-state index in [1.165, 1.54) is 6.08 Å². The van der Waals surface area contributed by atoms with Crippen LogP contribution in [0.15, 0.2) is 36.9 Å². The first-order valence-electron chi connectivity index (χ1n) is 8.71. The Morgan fingerprint density at radius 2 is 2.07 bits per heavy atom. The van der Waals surface area contributed by atoms with Crippen molar-refractivity contribution in [3.8, 4) is 0 Å². The maximum atomic E-state index is 12.8. The molecule has 144 valence electrons. The molecule has 1 aromatic carbocycles. The molecule has 8 heteroatoms. The van der Waals surface area contributed by atoms with Gasteiger partial charge in [0, 0.05) is 30.1 Å². The molecule has 2 amide bonds. The average Bonchev–Trinajstić information content (AvgIpc) is 2.62. The topological polar surface area (TPSA) is 137 Å². The van der Waals surface area contributed by atoms with Crippen LogP contribution in [0.4, 0.5) is 5.69 Å². The third kappa shape index (κ3) is 5.40. The number of nitrogens with zero attached hydrogens (tertiary/aromatic N) is 1. The van der Waals surface area contributed by atoms with Gasteiger partial charge in [-0.25, -0.2) is 0 Å². The number of benzene rings is 1. The van der Waals surface area contributed by atoms with Gasteiger partial charge in [0.15, 0.2) is 0 Å². The number of piperidine rings is 1. The van der Waals surface area contributed by atoms with Crippen LogP contribution in [0, 0.1) is 11.3 Å². The van der Waals surface area contributed by atoms with Gasteiger partial charge in [-0.1, -0.05) is 6.08 Å². The lowest BCUT2D eigenvalue weighted by Gasteiger charge is -2.32. The predicted molar refractivity (Wildman–Crippen MR) is 102 cm³/mol. The van der Waals surface area contributed by atoms with Crippen LogP contribution in [0.1, 0.15) is 31.2 Å². The molecule has 27 heavy (non-hydrogen) atoms. The van der Waals surface area contributed by atoms with Gasteiger partial charge in [0.05, 0.1) is 12.5 Å². The second-order valence-corrected chi connectivity index (χ2v) is 6.50. The summed E-state index contributed by atoms with van der Waals surface area (Å²) in [5.74, 6) is -2.04. The van der Waals surface area contributed by atoms with Crippen molar-refractivity contribution in [1.82, 2.24) is 5.32 Å². The summed E-state index contributed by atoms with van der Waals surface area (Å²) in [7, 11) is 0. The molecular formula is C19H24N4O4. The van der Waals surface area contributed by atoms with Gasteiger partial charge in [-0.15, -0.1) is 6.58 Å². The Hall–Kier alpha value is -3.16. The molecule has 1 heterocycles. The number of nitrogens with two attached hydrogens (primary N) is 1. The Morgan fingerprint density at radius 1 is 1.41 bits per heavy atom. The van der Waals surface area contributed by atoms with Crippen molar-refractivity contribution in [2.24, 2.45) is 11.7 Å². The Balaban J connectivity index is 2.01. The molecule has 1 saturated heterocycles. The number of hydrogen-bond donors (Lipinski definition) is 4. The van der Waals surface area contributed by atoms with E-state index >= 15 is 0 Å². The fraction of sp³-hybridized carbons (Fsp3) is 0.368. The maximum absolute atomic E-state index is 12.8. The summed E-state index contributed by atoms with van der Waals surface area (Å²) in [5.41, 5.74) is 6.72. The third-order valence-corrected chi connectivity index (χ3v) is 4.50. The summed E-state index contributed by atoms with van der Waals surface area (Å²) >= 11 is 0. The van der Waals surface area contributed by atoms with E-state index in [-0.39, 0.29) is 30.5 Å². The number of amidine groups is 1. The Bertz CT molecular complexity index is 745. The van der Waals surface area contributed by atoms with Gasteiger partial charge in [0.1, 0.15) is 5.84 Å². The van der Waals surface area contributed by atoms with E-state index in [4.69, 9.17) is 16.2 Å². The van der Waals surface area contributed by atoms with E-state index in [9.17, 15) is 14.4 Å². The summed E-state index contributed by atoms with van der Waals surface area (Å²) in [6, 6.07) is 6.17. The Labute approximate surface area is 157 Å². The highest BCUT2D eigenvalue weighted by Crippen LogP contribution is 2.26. The number of carbonyl (C=O) groups is 3. The van der Waals surface area contributed by atoms with Crippen molar-refractivity contribution in [2.45, 2.75) is 31.7 Å². The van der Waals surface area contributed by atoms with Crippen LogP contribution in [0.25, 0.3) is 0 Å². The highest BCUT2D eigenvalue weighted by atomic mass is 16.4. The summed E-state index contributed by atoms with van der Waals surface area (Å²) < 4.78 is 0. The normalized spacial score (nSPS) is 17.9. The molecular weight excluding hydrogens is 348 g/mol. The van der Waals surface area contributed by atoms with Gasteiger partial charge in [0.2, 0.25) is 11.8 Å². The van der Waals surface area contributed by atoms with Crippen molar-refractivity contribution >= 4 is 29.3 Å². The van der Waals surface area contributed by atoms with Gasteiger partial charge >= 0.3 is 5.97 Å². The molecule has 1 aliphatic rings. The number of carboxylic acids is 1. The zero-order chi connectivity index (χ0) is 20.0. The maximum Gasteiger partial charge on any atom is 0.305 e. The molecule has 1 aromatic rings. The van der Waals surface area contributed by atoms with E-state index in [1.807, 2.05) is 0 Å². The summed E-state index contributed by atoms with van der Waals surface area (Å²) in [4.78, 5) is 37.4. The highest BCUT2D eigenvalue weighted by Gasteiger charge is 2.31. The lowest BCUT2D eigenvalue weighted by atomic mass is 9.92. The number of nitrogens with one attached hydrogen (secondary N) is 2. The van der Waals surface area contributed by atoms with Crippen LogP contribution < -0.4 is 16.0 Å². The fourth-order valence-corrected chi connectivity index (χ4v) is 3.09. The zero-order valence-electron chi connectivity index (χ0n) is 15.0. The van der Waals surface area contributed by atoms with E-state index in [1.54, 1.807) is 29.2 Å². The number of carbonyl (C=O) groups excluding carboxylic acids is 2. The lowest BCUT2D eigenvalue weighted by Crippen LogP contribution is -2.44. The zero-order valence-corrected chi connectivity index (χ0v) is 15.0. The number of rotatable bonds is 8. The number of anilines is 1. The van der Waals surface area contributed by atoms with E-state index in [0.29, 0.717) is 24.2 Å². The molecule has 0 spiro atoms. The highest BCUT2D eigenvalue weighted by molar-refractivity contribution is 5.99. The quantitative estimate of drug-likeness (QED) is 0.309. The van der Waals surface area contributed by atoms with E-state index in [2.05, 4.69) is 11.9 Å². The van der Waals surface area contributed by atoms with Crippen LogP contribution in [-0.2, 0) is 14.4 Å². The first-order valence-corrected chi connectivity index (χ1v) is 8.71. The first-order chi connectivity index (χ1) is 12.8. The summed E-state index contributed by atoms with van der Waals surface area (Å²) in [5, 5.41) is 18.8. The van der Waals surface area contributed by atoms with Crippen LogP contribution in [0.2, 0.25) is 0 Å². The minimum absolute atomic E-state index is 0.00478. The SMILES string of the molecule is C=CC(CC(=O)O)NC(=O)C[C@@H]1CCCN(c2ccc(C(=N)N)cc2)C1=O. The fourth-order valence-electron chi connectivity index (χ4n) is 3.09. The second-order valence-electron chi connectivity index (χ2n) is 6.50. The number of hydrogen-bond acceptors (Lipinski definition) is 4. The molecule has 0 saturated carbocycles. The molecule has 1 unspecified atom stereocenters. The average molecular weight is 372 g/mol. The number of nitrogen functional groups attached to an aromatic ring is 1. The molecule has 0 aliphatic carbocycles. The molecule has 5 N–H and O–H groups in total. The van der Waals surface area contributed by atoms with Crippen LogP contribution >= 0.6 is 0 Å². The van der Waals surface area contributed by atoms with Crippen molar-refractivity contribution in [3.05, 3.63) is 42.5 Å². The largest absolute Gasteiger partial charge is 0.481 e. The van der Waals surface area contributed by atoms with Gasteiger partial charge in [-0.3, -0.25) is 19.8 Å². The summed E-state index contributed by atoms with van der Waals surface area (Å²) in [6.07, 6.45) is 2.50. The van der Waals surface area contributed by atoms with E-state index in [0.717, 1.165) is 6.42 Å². The van der Waals surface area contributed by atoms with Gasteiger partial charge in [-0.2, -0.15) is 0 Å². The molecule has 0 bridgehead atoms. The van der Waals surface area contributed by atoms with Crippen LogP contribution in [-0.4, -0.2) is 41.3 Å². The number of amides is 2. The first kappa shape index (κ1) is 20.2. The molecule has 1 fully saturated rings. The van der Waals surface area contributed by atoms with E-state index < -0.39 is 17.9 Å². The molecule has 2 rings (SSSR count). The summed E-state index contributed by atoms with van der Waals surface area (Å²) in [6.45, 7) is 4.08. The lowest BCUT2D eigenvalue weighted by molar-refractivity contribution is -0.137. The monoisotopic (exact) mass is 372 g/mol. The van der Waals surface area contributed by atoms with Crippen molar-refractivity contribution in [2.75, 3.05) is 11.4 Å². The second kappa shape index (κ2) is 8.98. The van der Waals surface area contributed by atoms with Gasteiger partial charge in [0.25, 0.3) is 0 Å². The standard InChI is InChI=1S/C19H24N4O4/c1-2-14(11-17(25)26)22-16(24)10-13-4-3-9-23(19(13)27)15-7-5-12(6-8-15)18(20)21/h2,5-8,13-14H,1,3-4,9-11H2,(H3,20,21)(H,22,24)(H,25,26)/t13-,14?/m0/s1. The Kier molecular flexibility index (Phi) is 6.70. The smallest absolute Gasteiger partial charge is 0.305 e. The molecule has 0 aromatic heterocycles.